The summed E-state index contributed by atoms with van der Waals surface area (Å²) in [5, 5.41) is 5.55. The molecule has 1 aliphatic carbocycles. The standard InChI is InChI=1S/C22H24N2O2S/c1-13-9-10-27-21(13)20-19-16(11-22(3,4)12-18(19)26)23-15-7-5-6-8-17(15)24(20)14(2)25/h5-10,20,23H,11-12H2,1-4H3/t20-/m1/s1. The van der Waals surface area contributed by atoms with Crippen LogP contribution in [0, 0.1) is 12.3 Å². The number of nitrogens with zero attached hydrogens (tertiary/aromatic N) is 1. The van der Waals surface area contributed by atoms with Gasteiger partial charge in [-0.05, 0) is 47.9 Å². The van der Waals surface area contributed by atoms with E-state index in [1.165, 1.54) is 0 Å². The molecule has 1 amide bonds. The molecule has 0 saturated heterocycles. The third-order valence-electron chi connectivity index (χ3n) is 5.39. The summed E-state index contributed by atoms with van der Waals surface area (Å²) < 4.78 is 0. The molecule has 5 heteroatoms. The van der Waals surface area contributed by atoms with Crippen molar-refractivity contribution in [2.24, 2.45) is 5.41 Å². The number of carbonyl (C=O) groups is 2. The van der Waals surface area contributed by atoms with Gasteiger partial charge in [-0.15, -0.1) is 11.3 Å². The Balaban J connectivity index is 2.02. The van der Waals surface area contributed by atoms with Crippen molar-refractivity contribution >= 4 is 34.4 Å². The molecule has 1 aliphatic heterocycles. The number of thiophene rings is 1. The van der Waals surface area contributed by atoms with Gasteiger partial charge in [0.25, 0.3) is 0 Å². The van der Waals surface area contributed by atoms with Crippen molar-refractivity contribution in [1.82, 2.24) is 0 Å². The van der Waals surface area contributed by atoms with Crippen LogP contribution in [0.5, 0.6) is 0 Å². The molecular weight excluding hydrogens is 356 g/mol. The number of Topliss-reactive ketones (excluding diaryl/α,β-unsaturated/α-hetero) is 1. The lowest BCUT2D eigenvalue weighted by Gasteiger charge is -2.36. The highest BCUT2D eigenvalue weighted by Gasteiger charge is 2.43. The van der Waals surface area contributed by atoms with E-state index >= 15 is 0 Å². The molecule has 2 aliphatic rings. The van der Waals surface area contributed by atoms with Gasteiger partial charge in [-0.3, -0.25) is 14.5 Å². The van der Waals surface area contributed by atoms with E-state index in [9.17, 15) is 9.59 Å². The van der Waals surface area contributed by atoms with Crippen LogP contribution in [0.3, 0.4) is 0 Å². The number of allylic oxidation sites excluding steroid dienone is 1. The fourth-order valence-corrected chi connectivity index (χ4v) is 5.27. The average Bonchev–Trinajstić information content (AvgIpc) is 2.92. The molecule has 1 N–H and O–H groups in total. The number of benzene rings is 1. The van der Waals surface area contributed by atoms with Gasteiger partial charge in [0, 0.05) is 29.5 Å². The summed E-state index contributed by atoms with van der Waals surface area (Å²) in [6, 6.07) is 9.50. The first-order valence-corrected chi connectivity index (χ1v) is 10.1. The van der Waals surface area contributed by atoms with Gasteiger partial charge in [0.05, 0.1) is 11.4 Å². The lowest BCUT2D eigenvalue weighted by atomic mass is 9.74. The van der Waals surface area contributed by atoms with Gasteiger partial charge in [0.15, 0.2) is 5.78 Å². The second kappa shape index (κ2) is 6.34. The lowest BCUT2D eigenvalue weighted by molar-refractivity contribution is -0.118. The molecule has 0 spiro atoms. The van der Waals surface area contributed by atoms with Crippen LogP contribution in [0.4, 0.5) is 11.4 Å². The number of fused-ring (bicyclic) bond motifs is 1. The molecule has 0 fully saturated rings. The van der Waals surface area contributed by atoms with Crippen LogP contribution in [-0.2, 0) is 9.59 Å². The third-order valence-corrected chi connectivity index (χ3v) is 6.46. The predicted molar refractivity (Wildman–Crippen MR) is 110 cm³/mol. The van der Waals surface area contributed by atoms with Crippen LogP contribution in [0.1, 0.15) is 50.1 Å². The molecule has 4 rings (SSSR count). The van der Waals surface area contributed by atoms with E-state index in [0.717, 1.165) is 39.5 Å². The summed E-state index contributed by atoms with van der Waals surface area (Å²) in [5.41, 5.74) is 4.40. The molecule has 1 atom stereocenters. The van der Waals surface area contributed by atoms with Crippen molar-refractivity contribution in [2.45, 2.75) is 46.6 Å². The summed E-state index contributed by atoms with van der Waals surface area (Å²) in [6.07, 6.45) is 1.28. The molecule has 0 bridgehead atoms. The molecule has 0 unspecified atom stereocenters. The Labute approximate surface area is 163 Å². The molecule has 27 heavy (non-hydrogen) atoms. The van der Waals surface area contributed by atoms with Gasteiger partial charge in [0.2, 0.25) is 5.91 Å². The number of hydrogen-bond acceptors (Lipinski definition) is 4. The maximum Gasteiger partial charge on any atom is 0.224 e. The number of aryl methyl sites for hydroxylation is 1. The smallest absolute Gasteiger partial charge is 0.224 e. The van der Waals surface area contributed by atoms with Crippen molar-refractivity contribution in [3.8, 4) is 0 Å². The van der Waals surface area contributed by atoms with E-state index in [0.29, 0.717) is 6.42 Å². The summed E-state index contributed by atoms with van der Waals surface area (Å²) in [6.45, 7) is 7.88. The third kappa shape index (κ3) is 3.00. The topological polar surface area (TPSA) is 49.4 Å². The summed E-state index contributed by atoms with van der Waals surface area (Å²) >= 11 is 1.61. The zero-order chi connectivity index (χ0) is 19.3. The molecule has 2 heterocycles. The highest BCUT2D eigenvalue weighted by Crippen LogP contribution is 2.49. The van der Waals surface area contributed by atoms with Crippen molar-refractivity contribution in [2.75, 3.05) is 10.2 Å². The molecule has 1 aromatic heterocycles. The molecule has 0 radical (unpaired) electrons. The first-order chi connectivity index (χ1) is 12.8. The van der Waals surface area contributed by atoms with Crippen LogP contribution in [0.2, 0.25) is 0 Å². The van der Waals surface area contributed by atoms with Crippen molar-refractivity contribution < 1.29 is 9.59 Å². The monoisotopic (exact) mass is 380 g/mol. The number of amides is 1. The number of carbonyl (C=O) groups excluding carboxylic acids is 2. The van der Waals surface area contributed by atoms with Gasteiger partial charge in [-0.2, -0.15) is 0 Å². The molecule has 4 nitrogen and oxygen atoms in total. The van der Waals surface area contributed by atoms with Crippen molar-refractivity contribution in [1.29, 1.82) is 0 Å². The van der Waals surface area contributed by atoms with Crippen LogP contribution in [0.15, 0.2) is 47.0 Å². The van der Waals surface area contributed by atoms with E-state index in [4.69, 9.17) is 0 Å². The van der Waals surface area contributed by atoms with Gasteiger partial charge in [-0.1, -0.05) is 26.0 Å². The Kier molecular flexibility index (Phi) is 4.22. The normalized spacial score (nSPS) is 21.3. The molecule has 140 valence electrons. The van der Waals surface area contributed by atoms with Gasteiger partial charge < -0.3 is 5.32 Å². The van der Waals surface area contributed by atoms with Gasteiger partial charge >= 0.3 is 0 Å². The SMILES string of the molecule is CC(=O)N1c2ccccc2NC2=C(C(=O)CC(C)(C)C2)[C@@H]1c1sccc1C. The number of nitrogens with one attached hydrogen (secondary N) is 1. The minimum Gasteiger partial charge on any atom is -0.357 e. The maximum atomic E-state index is 13.3. The maximum absolute atomic E-state index is 13.3. The fraction of sp³-hybridized carbons (Fsp3) is 0.364. The van der Waals surface area contributed by atoms with Crippen LogP contribution in [-0.4, -0.2) is 11.7 Å². The van der Waals surface area contributed by atoms with E-state index in [2.05, 4.69) is 25.2 Å². The predicted octanol–water partition coefficient (Wildman–Crippen LogP) is 5.22. The summed E-state index contributed by atoms with van der Waals surface area (Å²) in [7, 11) is 0. The minimum absolute atomic E-state index is 0.0616. The quantitative estimate of drug-likeness (QED) is 0.738. The molecule has 1 aromatic carbocycles. The van der Waals surface area contributed by atoms with E-state index < -0.39 is 0 Å². The number of ketones is 1. The van der Waals surface area contributed by atoms with Crippen molar-refractivity contribution in [3.63, 3.8) is 0 Å². The lowest BCUT2D eigenvalue weighted by Crippen LogP contribution is -2.38. The Morgan fingerprint density at radius 3 is 2.63 bits per heavy atom. The second-order valence-corrected chi connectivity index (χ2v) is 9.18. The first kappa shape index (κ1) is 18.0. The number of para-hydroxylation sites is 2. The Bertz CT molecular complexity index is 970. The van der Waals surface area contributed by atoms with Crippen LogP contribution < -0.4 is 10.2 Å². The van der Waals surface area contributed by atoms with Crippen LogP contribution >= 0.6 is 11.3 Å². The van der Waals surface area contributed by atoms with Crippen molar-refractivity contribution in [3.05, 3.63) is 57.4 Å². The minimum atomic E-state index is -0.378. The zero-order valence-corrected chi connectivity index (χ0v) is 16.9. The summed E-state index contributed by atoms with van der Waals surface area (Å²) in [5.74, 6) is 0.0686. The van der Waals surface area contributed by atoms with E-state index in [1.54, 1.807) is 23.2 Å². The highest BCUT2D eigenvalue weighted by molar-refractivity contribution is 7.10. The average molecular weight is 381 g/mol. The number of rotatable bonds is 1. The van der Waals surface area contributed by atoms with Crippen LogP contribution in [0.25, 0.3) is 0 Å². The Hall–Kier alpha value is -2.40. The second-order valence-electron chi connectivity index (χ2n) is 8.23. The van der Waals surface area contributed by atoms with E-state index in [1.807, 2.05) is 36.6 Å². The molecule has 0 saturated carbocycles. The Morgan fingerprint density at radius 1 is 1.22 bits per heavy atom. The molecule has 2 aromatic rings. The first-order valence-electron chi connectivity index (χ1n) is 9.24. The highest BCUT2D eigenvalue weighted by atomic mass is 32.1. The fourth-order valence-electron chi connectivity index (χ4n) is 4.25. The zero-order valence-electron chi connectivity index (χ0n) is 16.1. The number of hydrogen-bond donors (Lipinski definition) is 1. The van der Waals surface area contributed by atoms with Gasteiger partial charge in [0.1, 0.15) is 6.04 Å². The summed E-state index contributed by atoms with van der Waals surface area (Å²) in [4.78, 5) is 29.0. The van der Waals surface area contributed by atoms with E-state index in [-0.39, 0.29) is 23.1 Å². The largest absolute Gasteiger partial charge is 0.357 e. The molecular formula is C22H24N2O2S. The van der Waals surface area contributed by atoms with Gasteiger partial charge in [-0.25, -0.2) is 0 Å². The number of anilines is 2. The Morgan fingerprint density at radius 2 is 1.96 bits per heavy atom.